The summed E-state index contributed by atoms with van der Waals surface area (Å²) < 4.78 is 6.92. The highest BCUT2D eigenvalue weighted by Gasteiger charge is 2.23. The Hall–Kier alpha value is -2.70. The first kappa shape index (κ1) is 19.3. The predicted octanol–water partition coefficient (Wildman–Crippen LogP) is 2.71. The van der Waals surface area contributed by atoms with Crippen molar-refractivity contribution in [3.8, 4) is 0 Å². The van der Waals surface area contributed by atoms with Crippen molar-refractivity contribution in [2.75, 3.05) is 5.73 Å². The lowest BCUT2D eigenvalue weighted by atomic mass is 9.98. The molecule has 2 aromatic heterocycles. The van der Waals surface area contributed by atoms with Gasteiger partial charge in [-0.2, -0.15) is 5.10 Å². The van der Waals surface area contributed by atoms with Crippen molar-refractivity contribution in [1.82, 2.24) is 14.8 Å². The summed E-state index contributed by atoms with van der Waals surface area (Å²) in [7, 11) is 0. The van der Waals surface area contributed by atoms with Crippen molar-refractivity contribution < 1.29 is 9.53 Å². The lowest BCUT2D eigenvalue weighted by Crippen LogP contribution is -2.24. The number of carbonyl (C=O) groups is 1. The molecule has 2 heterocycles. The van der Waals surface area contributed by atoms with E-state index in [-0.39, 0.29) is 12.7 Å². The third-order valence-electron chi connectivity index (χ3n) is 3.22. The van der Waals surface area contributed by atoms with Crippen molar-refractivity contribution in [2.24, 2.45) is 11.1 Å². The molecule has 0 saturated carbocycles. The number of anilines is 1. The van der Waals surface area contributed by atoms with Gasteiger partial charge in [0.2, 0.25) is 0 Å². The number of hydrogen-bond donors (Lipinski definition) is 3. The van der Waals surface area contributed by atoms with Gasteiger partial charge in [0.15, 0.2) is 6.73 Å². The minimum atomic E-state index is -0.552. The van der Waals surface area contributed by atoms with Gasteiger partial charge in [0.25, 0.3) is 0 Å². The molecule has 0 spiro atoms. The third kappa shape index (κ3) is 4.41. The average molecular weight is 333 g/mol. The fourth-order valence-electron chi connectivity index (χ4n) is 1.91. The first-order valence-electron chi connectivity index (χ1n) is 7.88. The Morgan fingerprint density at radius 1 is 1.42 bits per heavy atom. The molecular weight excluding hydrogens is 306 g/mol. The average Bonchev–Trinajstić information content (AvgIpc) is 3.19. The number of nitrogens with one attached hydrogen (secondary N) is 1. The summed E-state index contributed by atoms with van der Waals surface area (Å²) in [4.78, 5) is 11.8. The van der Waals surface area contributed by atoms with Crippen LogP contribution in [0.2, 0.25) is 0 Å². The molecule has 0 aliphatic rings. The maximum absolute atomic E-state index is 11.8. The Balaban J connectivity index is 0.00000139. The number of esters is 1. The smallest absolute Gasteiger partial charge is 0.312 e. The van der Waals surface area contributed by atoms with Crippen LogP contribution in [0, 0.1) is 5.41 Å². The monoisotopic (exact) mass is 333 g/mol. The van der Waals surface area contributed by atoms with E-state index in [0.717, 1.165) is 16.7 Å². The van der Waals surface area contributed by atoms with E-state index in [2.05, 4.69) is 10.2 Å². The largest absolute Gasteiger partial charge is 0.443 e. The molecule has 5 N–H and O–H groups in total. The molecule has 0 amide bonds. The minimum absolute atomic E-state index is 0.0607. The number of ether oxygens (including phenoxy) is 1. The summed E-state index contributed by atoms with van der Waals surface area (Å²) in [5, 5.41) is 6.64. The molecule has 0 unspecified atom stereocenters. The molecule has 0 saturated heterocycles. The predicted molar refractivity (Wildman–Crippen MR) is 95.6 cm³/mol. The maximum Gasteiger partial charge on any atom is 0.312 e. The quantitative estimate of drug-likeness (QED) is 0.745. The zero-order chi connectivity index (χ0) is 18.3. The van der Waals surface area contributed by atoms with Gasteiger partial charge in [0.05, 0.1) is 11.6 Å². The molecule has 0 aliphatic heterocycles. The minimum Gasteiger partial charge on any atom is -0.443 e. The van der Waals surface area contributed by atoms with E-state index in [0.29, 0.717) is 5.82 Å². The van der Waals surface area contributed by atoms with Gasteiger partial charge in [-0.05, 0) is 26.8 Å². The Labute approximate surface area is 142 Å². The number of aromatic amines is 1. The van der Waals surface area contributed by atoms with Crippen LogP contribution in [0.25, 0.3) is 5.57 Å². The third-order valence-corrected chi connectivity index (χ3v) is 3.22. The van der Waals surface area contributed by atoms with E-state index >= 15 is 0 Å². The van der Waals surface area contributed by atoms with Gasteiger partial charge in [-0.15, -0.1) is 0 Å². The van der Waals surface area contributed by atoms with Crippen LogP contribution in [0.15, 0.2) is 30.9 Å². The molecular formula is C17H27N5O2. The van der Waals surface area contributed by atoms with Crippen LogP contribution in [-0.2, 0) is 16.3 Å². The van der Waals surface area contributed by atoms with Gasteiger partial charge in [-0.3, -0.25) is 9.89 Å². The number of aromatic nitrogens is 3. The summed E-state index contributed by atoms with van der Waals surface area (Å²) in [6.07, 6.45) is 6.62. The van der Waals surface area contributed by atoms with E-state index < -0.39 is 5.41 Å². The van der Waals surface area contributed by atoms with Crippen molar-refractivity contribution in [3.05, 3.63) is 42.0 Å². The van der Waals surface area contributed by atoms with Gasteiger partial charge in [0.1, 0.15) is 5.82 Å². The van der Waals surface area contributed by atoms with Gasteiger partial charge in [-0.25, -0.2) is 0 Å². The van der Waals surface area contributed by atoms with Crippen molar-refractivity contribution in [2.45, 2.75) is 41.3 Å². The summed E-state index contributed by atoms with van der Waals surface area (Å²) in [6, 6.07) is 1.83. The van der Waals surface area contributed by atoms with E-state index in [1.807, 2.05) is 19.9 Å². The first-order valence-corrected chi connectivity index (χ1v) is 7.88. The van der Waals surface area contributed by atoms with Gasteiger partial charge < -0.3 is 20.8 Å². The van der Waals surface area contributed by atoms with Crippen LogP contribution >= 0.6 is 0 Å². The summed E-state index contributed by atoms with van der Waals surface area (Å²) in [5.41, 5.74) is 13.6. The first-order chi connectivity index (χ1) is 11.3. The van der Waals surface area contributed by atoms with Gasteiger partial charge in [-0.1, -0.05) is 13.8 Å². The molecule has 0 aromatic carbocycles. The molecule has 24 heavy (non-hydrogen) atoms. The van der Waals surface area contributed by atoms with Crippen LogP contribution in [0.4, 0.5) is 5.82 Å². The van der Waals surface area contributed by atoms with E-state index in [4.69, 9.17) is 16.2 Å². The lowest BCUT2D eigenvalue weighted by Gasteiger charge is -2.17. The number of hydrogen-bond acceptors (Lipinski definition) is 5. The molecule has 7 nitrogen and oxygen atoms in total. The fourth-order valence-corrected chi connectivity index (χ4v) is 1.91. The zero-order valence-electron chi connectivity index (χ0n) is 15.0. The van der Waals surface area contributed by atoms with E-state index in [9.17, 15) is 4.79 Å². The summed E-state index contributed by atoms with van der Waals surface area (Å²) in [6.45, 7) is 9.46. The SMILES string of the molecule is CC.CC(C)(C)C(=O)OCn1ccc(/C(=C\N)c2cn[nH]c2)c1N. The number of nitrogens with zero attached hydrogens (tertiary/aromatic N) is 2. The normalized spacial score (nSPS) is 11.6. The number of H-pyrrole nitrogens is 1. The highest BCUT2D eigenvalue weighted by atomic mass is 16.5. The standard InChI is InChI=1S/C15H21N5O2.C2H6/c1-15(2,3)14(21)22-9-20-5-4-11(13(20)17)12(6-16)10-7-18-19-8-10;1-2/h4-8H,9,16-17H2,1-3H3,(H,18,19);1-2H3/b12-6-;. The highest BCUT2D eigenvalue weighted by molar-refractivity contribution is 5.84. The zero-order valence-corrected chi connectivity index (χ0v) is 15.0. The molecule has 0 atom stereocenters. The lowest BCUT2D eigenvalue weighted by molar-refractivity contribution is -0.156. The molecule has 2 rings (SSSR count). The van der Waals surface area contributed by atoms with E-state index in [1.165, 1.54) is 6.20 Å². The van der Waals surface area contributed by atoms with Crippen molar-refractivity contribution in [3.63, 3.8) is 0 Å². The van der Waals surface area contributed by atoms with Gasteiger partial charge in [0, 0.05) is 35.3 Å². The molecule has 0 radical (unpaired) electrons. The number of nitrogens with two attached hydrogens (primary N) is 2. The summed E-state index contributed by atoms with van der Waals surface area (Å²) in [5.74, 6) is 0.186. The molecule has 0 aliphatic carbocycles. The van der Waals surface area contributed by atoms with Crippen LogP contribution in [-0.4, -0.2) is 20.7 Å². The Morgan fingerprint density at radius 2 is 2.08 bits per heavy atom. The second-order valence-corrected chi connectivity index (χ2v) is 5.96. The van der Waals surface area contributed by atoms with Crippen molar-refractivity contribution >= 4 is 17.4 Å². The Morgan fingerprint density at radius 3 is 2.58 bits per heavy atom. The van der Waals surface area contributed by atoms with Crippen molar-refractivity contribution in [1.29, 1.82) is 0 Å². The molecule has 0 bridgehead atoms. The summed E-state index contributed by atoms with van der Waals surface area (Å²) >= 11 is 0. The van der Waals surface area contributed by atoms with Crippen LogP contribution in [0.3, 0.4) is 0 Å². The van der Waals surface area contributed by atoms with E-state index in [1.54, 1.807) is 43.9 Å². The number of nitrogen functional groups attached to an aromatic ring is 1. The number of rotatable bonds is 4. The molecule has 132 valence electrons. The number of carbonyl (C=O) groups excluding carboxylic acids is 1. The highest BCUT2D eigenvalue weighted by Crippen LogP contribution is 2.28. The molecule has 0 fully saturated rings. The second kappa shape index (κ2) is 8.24. The van der Waals surface area contributed by atoms with Gasteiger partial charge >= 0.3 is 5.97 Å². The second-order valence-electron chi connectivity index (χ2n) is 5.96. The molecule has 7 heteroatoms. The topological polar surface area (TPSA) is 112 Å². The molecule has 2 aromatic rings. The fraction of sp³-hybridized carbons (Fsp3) is 0.412. The van der Waals surface area contributed by atoms with Crippen LogP contribution in [0.5, 0.6) is 0 Å². The Bertz CT molecular complexity index is 678. The van der Waals surface area contributed by atoms with Crippen LogP contribution < -0.4 is 11.5 Å². The Kier molecular flexibility index (Phi) is 6.64. The van der Waals surface area contributed by atoms with Crippen LogP contribution in [0.1, 0.15) is 45.7 Å². The maximum atomic E-state index is 11.8.